The molecular formula is C26H31N3O2S. The van der Waals surface area contributed by atoms with Crippen LogP contribution in [0.5, 0.6) is 0 Å². The number of rotatable bonds is 4. The van der Waals surface area contributed by atoms with E-state index in [1.165, 1.54) is 18.4 Å². The van der Waals surface area contributed by atoms with Gasteiger partial charge in [-0.25, -0.2) is 0 Å². The zero-order valence-corrected chi connectivity index (χ0v) is 19.7. The molecule has 1 N–H and O–H groups in total. The second-order valence-electron chi connectivity index (χ2n) is 9.38. The van der Waals surface area contributed by atoms with Crippen LogP contribution in [-0.4, -0.2) is 28.0 Å². The minimum atomic E-state index is -1.00. The summed E-state index contributed by atoms with van der Waals surface area (Å²) in [6.45, 7) is 4.49. The smallest absolute Gasteiger partial charge is 0.275 e. The summed E-state index contributed by atoms with van der Waals surface area (Å²) in [5, 5.41) is 5.38. The summed E-state index contributed by atoms with van der Waals surface area (Å²) in [5.41, 5.74) is 2.69. The summed E-state index contributed by atoms with van der Waals surface area (Å²) in [6.07, 6.45) is 7.75. The Morgan fingerprint density at radius 1 is 1.12 bits per heavy atom. The van der Waals surface area contributed by atoms with Crippen LogP contribution in [0.2, 0.25) is 0 Å². The summed E-state index contributed by atoms with van der Waals surface area (Å²) in [7, 11) is 0. The van der Waals surface area contributed by atoms with Crippen molar-refractivity contribution >= 4 is 39.1 Å². The molecule has 1 atom stereocenters. The third-order valence-electron chi connectivity index (χ3n) is 7.19. The van der Waals surface area contributed by atoms with E-state index in [1.54, 1.807) is 16.2 Å². The molecule has 1 saturated carbocycles. The molecule has 2 aromatic heterocycles. The first kappa shape index (κ1) is 21.3. The van der Waals surface area contributed by atoms with Crippen molar-refractivity contribution in [3.05, 3.63) is 53.0 Å². The summed E-state index contributed by atoms with van der Waals surface area (Å²) >= 11 is 1.63. The van der Waals surface area contributed by atoms with Crippen LogP contribution in [0.3, 0.4) is 0 Å². The van der Waals surface area contributed by atoms with Gasteiger partial charge in [0, 0.05) is 11.7 Å². The van der Waals surface area contributed by atoms with Gasteiger partial charge in [-0.3, -0.25) is 14.5 Å². The van der Waals surface area contributed by atoms with Gasteiger partial charge in [0.1, 0.15) is 11.2 Å². The highest BCUT2D eigenvalue weighted by atomic mass is 32.1. The lowest BCUT2D eigenvalue weighted by Crippen LogP contribution is -2.65. The number of hydrogen-bond donors (Lipinski definition) is 1. The largest absolute Gasteiger partial charge is 0.351 e. The predicted molar refractivity (Wildman–Crippen MR) is 130 cm³/mol. The second kappa shape index (κ2) is 8.39. The van der Waals surface area contributed by atoms with E-state index in [-0.39, 0.29) is 17.9 Å². The van der Waals surface area contributed by atoms with E-state index < -0.39 is 5.54 Å². The molecule has 2 amide bonds. The van der Waals surface area contributed by atoms with Gasteiger partial charge in [-0.2, -0.15) is 0 Å². The van der Waals surface area contributed by atoms with Crippen LogP contribution >= 0.6 is 11.3 Å². The molecule has 3 heterocycles. The summed E-state index contributed by atoms with van der Waals surface area (Å²) < 4.78 is 3.13. The number of nitrogens with one attached hydrogen (secondary N) is 1. The van der Waals surface area contributed by atoms with Gasteiger partial charge in [0.15, 0.2) is 0 Å². The van der Waals surface area contributed by atoms with E-state index in [0.717, 1.165) is 48.0 Å². The van der Waals surface area contributed by atoms with Crippen LogP contribution in [0.15, 0.2) is 41.8 Å². The number of anilines is 1. The predicted octanol–water partition coefficient (Wildman–Crippen LogP) is 5.52. The van der Waals surface area contributed by atoms with Gasteiger partial charge in [-0.15, -0.1) is 11.3 Å². The van der Waals surface area contributed by atoms with Gasteiger partial charge >= 0.3 is 0 Å². The van der Waals surface area contributed by atoms with Gasteiger partial charge in [-0.05, 0) is 61.4 Å². The summed E-state index contributed by atoms with van der Waals surface area (Å²) in [6, 6.07) is 12.3. The lowest BCUT2D eigenvalue weighted by Gasteiger charge is -2.44. The Morgan fingerprint density at radius 2 is 1.84 bits per heavy atom. The van der Waals surface area contributed by atoms with E-state index in [4.69, 9.17) is 0 Å². The van der Waals surface area contributed by atoms with Crippen molar-refractivity contribution in [1.29, 1.82) is 0 Å². The van der Waals surface area contributed by atoms with E-state index in [9.17, 15) is 9.59 Å². The molecule has 1 aromatic carbocycles. The third-order valence-corrected chi connectivity index (χ3v) is 8.04. The Hall–Kier alpha value is -2.60. The van der Waals surface area contributed by atoms with E-state index >= 15 is 0 Å². The zero-order valence-electron chi connectivity index (χ0n) is 18.9. The molecule has 0 saturated heterocycles. The fourth-order valence-electron chi connectivity index (χ4n) is 5.26. The quantitative estimate of drug-likeness (QED) is 0.533. The average Bonchev–Trinajstić information content (AvgIpc) is 3.29. The number of carbonyl (C=O) groups excluding carboxylic acids is 2. The monoisotopic (exact) mass is 449 g/mol. The van der Waals surface area contributed by atoms with Crippen LogP contribution in [0.1, 0.15) is 68.4 Å². The van der Waals surface area contributed by atoms with Crippen molar-refractivity contribution < 1.29 is 9.59 Å². The fraction of sp³-hybridized carbons (Fsp3) is 0.462. The van der Waals surface area contributed by atoms with Gasteiger partial charge < -0.3 is 9.88 Å². The van der Waals surface area contributed by atoms with Crippen molar-refractivity contribution in [3.63, 3.8) is 0 Å². The molecule has 168 valence electrons. The summed E-state index contributed by atoms with van der Waals surface area (Å²) in [4.78, 5) is 29.4. The molecule has 5 rings (SSSR count). The van der Waals surface area contributed by atoms with Gasteiger partial charge in [-0.1, -0.05) is 44.7 Å². The molecule has 3 aromatic rings. The Kier molecular flexibility index (Phi) is 5.58. The molecule has 0 spiro atoms. The Labute approximate surface area is 193 Å². The molecule has 32 heavy (non-hydrogen) atoms. The minimum absolute atomic E-state index is 0.0555. The highest BCUT2D eigenvalue weighted by molar-refractivity contribution is 7.17. The molecule has 5 nitrogen and oxygen atoms in total. The first-order valence-corrected chi connectivity index (χ1v) is 12.7. The number of amides is 2. The van der Waals surface area contributed by atoms with Crippen molar-refractivity contribution in [2.24, 2.45) is 0 Å². The molecule has 0 bridgehead atoms. The Balaban J connectivity index is 1.56. The molecule has 1 aliphatic carbocycles. The number of fused-ring (bicyclic) bond motifs is 3. The minimum Gasteiger partial charge on any atom is -0.351 e. The van der Waals surface area contributed by atoms with Crippen molar-refractivity contribution in [3.8, 4) is 0 Å². The first-order valence-electron chi connectivity index (χ1n) is 11.8. The summed E-state index contributed by atoms with van der Waals surface area (Å²) in [5.74, 6) is -0.164. The molecule has 2 aliphatic rings. The van der Waals surface area contributed by atoms with Crippen LogP contribution in [0.4, 0.5) is 5.69 Å². The van der Waals surface area contributed by atoms with Crippen LogP contribution in [-0.2, 0) is 17.8 Å². The molecule has 0 radical (unpaired) electrons. The normalized spacial score (nSPS) is 22.1. The highest BCUT2D eigenvalue weighted by Gasteiger charge is 2.49. The highest BCUT2D eigenvalue weighted by Crippen LogP contribution is 2.37. The average molecular weight is 450 g/mol. The molecule has 6 heteroatoms. The lowest BCUT2D eigenvalue weighted by atomic mass is 9.92. The standard InChI is InChI=1S/C26H31N3O2S/c1-3-18-10-12-20(13-11-18)29-24(30)22-16-23-21(14-15-32-23)28(22)17-26(29,2)25(31)27-19-8-6-4-5-7-9-19/h10-16,19H,3-9,17H2,1-2H3,(H,27,31)/t26-/m1/s1. The van der Waals surface area contributed by atoms with Gasteiger partial charge in [0.2, 0.25) is 5.91 Å². The van der Waals surface area contributed by atoms with Crippen LogP contribution in [0.25, 0.3) is 10.2 Å². The van der Waals surface area contributed by atoms with Gasteiger partial charge in [0.05, 0.1) is 16.8 Å². The van der Waals surface area contributed by atoms with E-state index in [2.05, 4.69) is 24.4 Å². The maximum absolute atomic E-state index is 13.8. The number of carbonyl (C=O) groups is 2. The van der Waals surface area contributed by atoms with Crippen molar-refractivity contribution in [2.75, 3.05) is 4.90 Å². The van der Waals surface area contributed by atoms with E-state index in [1.807, 2.05) is 41.1 Å². The van der Waals surface area contributed by atoms with Crippen molar-refractivity contribution in [1.82, 2.24) is 9.88 Å². The number of aromatic nitrogens is 1. The fourth-order valence-corrected chi connectivity index (χ4v) is 6.08. The maximum atomic E-state index is 13.8. The molecule has 1 fully saturated rings. The maximum Gasteiger partial charge on any atom is 0.275 e. The van der Waals surface area contributed by atoms with Gasteiger partial charge in [0.25, 0.3) is 5.91 Å². The first-order chi connectivity index (χ1) is 15.5. The van der Waals surface area contributed by atoms with E-state index in [0.29, 0.717) is 12.2 Å². The molecule has 0 unspecified atom stereocenters. The molecular weight excluding hydrogens is 418 g/mol. The number of aryl methyl sites for hydroxylation is 1. The lowest BCUT2D eigenvalue weighted by molar-refractivity contribution is -0.127. The Bertz CT molecular complexity index is 1140. The Morgan fingerprint density at radius 3 is 2.53 bits per heavy atom. The topological polar surface area (TPSA) is 54.3 Å². The van der Waals surface area contributed by atoms with Crippen LogP contribution < -0.4 is 10.2 Å². The third kappa shape index (κ3) is 3.54. The number of benzene rings is 1. The number of nitrogens with zero attached hydrogens (tertiary/aromatic N) is 2. The number of thiophene rings is 1. The van der Waals surface area contributed by atoms with Crippen LogP contribution in [0, 0.1) is 0 Å². The zero-order chi connectivity index (χ0) is 22.3. The SMILES string of the molecule is CCc1ccc(N2C(=O)c3cc4sccc4n3C[C@]2(C)C(=O)NC2CCCCCC2)cc1. The number of hydrogen-bond acceptors (Lipinski definition) is 3. The second-order valence-corrected chi connectivity index (χ2v) is 10.3. The molecule has 1 aliphatic heterocycles. The van der Waals surface area contributed by atoms with Crippen molar-refractivity contribution in [2.45, 2.75) is 76.9 Å².